The van der Waals surface area contributed by atoms with Crippen LogP contribution < -0.4 is 19.6 Å². The topological polar surface area (TPSA) is 30.8 Å². The maximum atomic E-state index is 4.53. The van der Waals surface area contributed by atoms with E-state index in [9.17, 15) is 0 Å². The molecule has 7 heteroatoms. The molecule has 9 aromatic rings. The Morgan fingerprint density at radius 3 is 1.55 bits per heavy atom. The monoisotopic (exact) mass is 899 g/mol. The van der Waals surface area contributed by atoms with Crippen LogP contribution in [0.1, 0.15) is 0 Å². The van der Waals surface area contributed by atoms with E-state index >= 15 is 0 Å². The summed E-state index contributed by atoms with van der Waals surface area (Å²) in [6.07, 6.45) is 1.82. The molecule has 0 bridgehead atoms. The van der Waals surface area contributed by atoms with Crippen LogP contribution in [0.4, 0.5) is 45.6 Å². The predicted octanol–water partition coefficient (Wildman–Crippen LogP) is 12.3. The third-order valence-corrected chi connectivity index (χ3v) is 10.0. The number of aromatic nitrogens is 2. The smallest absolute Gasteiger partial charge is 0.124 e. The second-order valence-electron chi connectivity index (χ2n) is 13.3. The molecule has 0 saturated heterocycles. The third-order valence-electron chi connectivity index (χ3n) is 10.0. The molecule has 2 aliphatic heterocycles. The fourth-order valence-electron chi connectivity index (χ4n) is 7.51. The van der Waals surface area contributed by atoms with E-state index < -0.39 is 0 Å². The Hall–Kier alpha value is -6.66. The zero-order valence-electron chi connectivity index (χ0n) is 30.1. The Labute approximate surface area is 340 Å². The SMILES string of the molecule is [Ir].[c-]1ccccc1N1[CH-]N(c2ccccc2)c2cc(-n3c4ccccc4c4ccccc43)ccc21.[c-]1ccccc1N1[CH-]N(c2ccccc2)c2cccnc21. The van der Waals surface area contributed by atoms with E-state index in [-0.39, 0.29) is 20.1 Å². The molecule has 0 saturated carbocycles. The number of benzene rings is 7. The average molecular weight is 899 g/mol. The summed E-state index contributed by atoms with van der Waals surface area (Å²) in [5.74, 6) is 0.920. The molecule has 1 radical (unpaired) electrons. The summed E-state index contributed by atoms with van der Waals surface area (Å²) in [7, 11) is 0. The molecule has 0 unspecified atom stereocenters. The van der Waals surface area contributed by atoms with E-state index in [1.807, 2.05) is 66.9 Å². The summed E-state index contributed by atoms with van der Waals surface area (Å²) in [6.45, 7) is 4.21. The van der Waals surface area contributed by atoms with Gasteiger partial charge in [0.05, 0.1) is 16.7 Å². The van der Waals surface area contributed by atoms with Gasteiger partial charge in [0.2, 0.25) is 0 Å². The van der Waals surface area contributed by atoms with Crippen LogP contribution in [0, 0.1) is 25.5 Å². The van der Waals surface area contributed by atoms with Gasteiger partial charge in [0.25, 0.3) is 0 Å². The van der Waals surface area contributed by atoms with Crippen LogP contribution in [0.5, 0.6) is 0 Å². The van der Waals surface area contributed by atoms with Gasteiger partial charge in [0.15, 0.2) is 0 Å². The van der Waals surface area contributed by atoms with Gasteiger partial charge in [-0.3, -0.25) is 0 Å². The summed E-state index contributed by atoms with van der Waals surface area (Å²) in [5, 5.41) is 2.54. The quantitative estimate of drug-likeness (QED) is 0.161. The van der Waals surface area contributed by atoms with Crippen molar-refractivity contribution in [1.82, 2.24) is 9.55 Å². The van der Waals surface area contributed by atoms with Gasteiger partial charge in [0, 0.05) is 65.5 Å². The minimum absolute atomic E-state index is 0. The minimum atomic E-state index is 0. The number of pyridine rings is 1. The minimum Gasteiger partial charge on any atom is -0.493 e. The first-order valence-corrected chi connectivity index (χ1v) is 18.3. The molecule has 56 heavy (non-hydrogen) atoms. The molecule has 0 fully saturated rings. The number of rotatable bonds is 5. The van der Waals surface area contributed by atoms with E-state index in [2.05, 4.69) is 182 Å². The maximum absolute atomic E-state index is 4.53. The molecule has 0 atom stereocenters. The van der Waals surface area contributed by atoms with Crippen molar-refractivity contribution in [3.8, 4) is 5.69 Å². The first-order valence-electron chi connectivity index (χ1n) is 18.3. The number of hydrogen-bond acceptors (Lipinski definition) is 5. The molecule has 0 spiro atoms. The molecule has 0 aliphatic carbocycles. The third kappa shape index (κ3) is 6.27. The van der Waals surface area contributed by atoms with E-state index in [4.69, 9.17) is 0 Å². The van der Waals surface area contributed by atoms with Crippen molar-refractivity contribution in [2.24, 2.45) is 0 Å². The van der Waals surface area contributed by atoms with Crippen molar-refractivity contribution in [1.29, 1.82) is 0 Å². The number of nitrogens with zero attached hydrogens (tertiary/aromatic N) is 6. The second-order valence-corrected chi connectivity index (χ2v) is 13.3. The molecular weight excluding hydrogens is 865 g/mol. The van der Waals surface area contributed by atoms with Crippen molar-refractivity contribution >= 4 is 67.4 Å². The van der Waals surface area contributed by atoms with E-state index in [1.165, 1.54) is 21.8 Å². The van der Waals surface area contributed by atoms with Crippen molar-refractivity contribution < 1.29 is 20.1 Å². The van der Waals surface area contributed by atoms with Gasteiger partial charge < -0.3 is 24.2 Å². The normalized spacial score (nSPS) is 12.9. The summed E-state index contributed by atoms with van der Waals surface area (Å²) in [5.41, 5.74) is 11.2. The van der Waals surface area contributed by atoms with Crippen LogP contribution in [-0.2, 0) is 20.1 Å². The van der Waals surface area contributed by atoms with Gasteiger partial charge in [-0.25, -0.2) is 4.98 Å². The van der Waals surface area contributed by atoms with Crippen molar-refractivity contribution in [3.05, 3.63) is 220 Å². The molecule has 2 aliphatic rings. The summed E-state index contributed by atoms with van der Waals surface area (Å²) in [6, 6.07) is 71.5. The number of hydrogen-bond donors (Lipinski definition) is 0. The maximum Gasteiger partial charge on any atom is 0.124 e. The van der Waals surface area contributed by atoms with Crippen LogP contribution in [0.15, 0.2) is 194 Å². The van der Waals surface area contributed by atoms with Crippen LogP contribution in [0.25, 0.3) is 27.5 Å². The first kappa shape index (κ1) is 35.1. The Morgan fingerprint density at radius 1 is 0.411 bits per heavy atom. The van der Waals surface area contributed by atoms with Gasteiger partial charge in [0.1, 0.15) is 5.82 Å². The van der Waals surface area contributed by atoms with Crippen molar-refractivity contribution in [2.45, 2.75) is 0 Å². The second kappa shape index (κ2) is 15.2. The molecule has 6 nitrogen and oxygen atoms in total. The van der Waals surface area contributed by atoms with E-state index in [1.54, 1.807) is 0 Å². The van der Waals surface area contributed by atoms with Crippen LogP contribution >= 0.6 is 0 Å². The average Bonchev–Trinajstić information content (AvgIpc) is 3.95. The first-order chi connectivity index (χ1) is 27.3. The molecule has 273 valence electrons. The molecule has 0 amide bonds. The van der Waals surface area contributed by atoms with Gasteiger partial charge in [-0.1, -0.05) is 72.8 Å². The molecule has 7 aromatic carbocycles. The zero-order valence-corrected chi connectivity index (χ0v) is 32.5. The molecule has 0 N–H and O–H groups in total. The fourth-order valence-corrected chi connectivity index (χ4v) is 7.51. The number of anilines is 8. The van der Waals surface area contributed by atoms with Crippen LogP contribution in [0.3, 0.4) is 0 Å². The molecule has 2 aromatic heterocycles. The van der Waals surface area contributed by atoms with E-state index in [0.717, 1.165) is 51.3 Å². The van der Waals surface area contributed by atoms with Gasteiger partial charge in [-0.2, -0.15) is 60.7 Å². The Kier molecular flexibility index (Phi) is 9.54. The van der Waals surface area contributed by atoms with Crippen molar-refractivity contribution in [3.63, 3.8) is 0 Å². The summed E-state index contributed by atoms with van der Waals surface area (Å²) in [4.78, 5) is 13.2. The zero-order chi connectivity index (χ0) is 36.6. The summed E-state index contributed by atoms with van der Waals surface area (Å²) >= 11 is 0. The fraction of sp³-hybridized carbons (Fsp3) is 0. The Morgan fingerprint density at radius 2 is 0.946 bits per heavy atom. The van der Waals surface area contributed by atoms with Crippen LogP contribution in [-0.4, -0.2) is 9.55 Å². The Bertz CT molecular complexity index is 2620. The molecule has 11 rings (SSSR count). The molecule has 4 heterocycles. The Balaban J connectivity index is 0.000000160. The van der Waals surface area contributed by atoms with Gasteiger partial charge >= 0.3 is 0 Å². The largest absolute Gasteiger partial charge is 0.493 e. The van der Waals surface area contributed by atoms with Crippen molar-refractivity contribution in [2.75, 3.05) is 19.6 Å². The van der Waals surface area contributed by atoms with Gasteiger partial charge in [-0.15, -0.1) is 24.7 Å². The van der Waals surface area contributed by atoms with E-state index in [0.29, 0.717) is 0 Å². The standard InChI is InChI=1S/C31H21N3.C18H13N3.Ir/c1-3-11-23(12-4-1)32-22-33(24-13-5-2-6-14-24)31-21-25(19-20-30(31)32)34-28-17-9-7-15-26(28)27-16-8-10-18-29(27)34;1-3-8-15(9-4-1)20-14-21(16-10-5-2-6-11-16)18-17(20)12-7-13-19-18;/h1-11,13-22H;1-10,12-14H;/q2*-2;. The summed E-state index contributed by atoms with van der Waals surface area (Å²) < 4.78 is 2.37. The van der Waals surface area contributed by atoms with Crippen LogP contribution in [0.2, 0.25) is 0 Å². The predicted molar refractivity (Wildman–Crippen MR) is 226 cm³/mol. The molecular formula is C49H34IrN6-4. The van der Waals surface area contributed by atoms with Gasteiger partial charge in [-0.05, 0) is 66.7 Å². The number of para-hydroxylation sites is 6. The number of fused-ring (bicyclic) bond motifs is 5.